The highest BCUT2D eigenvalue weighted by Crippen LogP contribution is 2.33. The largest absolute Gasteiger partial charge is 0.480 e. The van der Waals surface area contributed by atoms with Crippen LogP contribution in [0.1, 0.15) is 12.7 Å². The quantitative estimate of drug-likeness (QED) is 0.735. The molecule has 1 aliphatic heterocycles. The van der Waals surface area contributed by atoms with E-state index in [-0.39, 0.29) is 6.42 Å². The Morgan fingerprint density at radius 1 is 1.69 bits per heavy atom. The Bertz CT molecular complexity index is 438. The van der Waals surface area contributed by atoms with Gasteiger partial charge in [-0.05, 0) is 6.92 Å². The molecule has 86 valence electrons. The highest BCUT2D eigenvalue weighted by atomic mass is 16.4. The summed E-state index contributed by atoms with van der Waals surface area (Å²) in [4.78, 5) is 24.0. The third kappa shape index (κ3) is 1.47. The first-order valence-electron chi connectivity index (χ1n) is 4.90. The SMILES string of the molecule is CC(N)C(=O)N1c2ccoc2CC1C(=O)O. The lowest BCUT2D eigenvalue weighted by Crippen LogP contribution is -2.49. The molecule has 2 atom stereocenters. The molecular formula is C10H12N2O4. The molecule has 0 radical (unpaired) electrons. The Hall–Kier alpha value is -1.82. The summed E-state index contributed by atoms with van der Waals surface area (Å²) in [6, 6.07) is -0.0606. The molecule has 6 heteroatoms. The van der Waals surface area contributed by atoms with E-state index in [2.05, 4.69) is 0 Å². The first-order valence-corrected chi connectivity index (χ1v) is 4.90. The number of anilines is 1. The van der Waals surface area contributed by atoms with Gasteiger partial charge >= 0.3 is 5.97 Å². The maximum absolute atomic E-state index is 11.8. The molecule has 2 unspecified atom stereocenters. The maximum Gasteiger partial charge on any atom is 0.327 e. The van der Waals surface area contributed by atoms with Gasteiger partial charge in [-0.1, -0.05) is 0 Å². The molecule has 0 fully saturated rings. The first kappa shape index (κ1) is 10.7. The van der Waals surface area contributed by atoms with Crippen LogP contribution >= 0.6 is 0 Å². The average molecular weight is 224 g/mol. The number of carboxylic acid groups (broad SMARTS) is 1. The summed E-state index contributed by atoms with van der Waals surface area (Å²) in [6.45, 7) is 1.53. The molecule has 1 aromatic rings. The van der Waals surface area contributed by atoms with Crippen LogP contribution in [-0.2, 0) is 16.0 Å². The smallest absolute Gasteiger partial charge is 0.327 e. The van der Waals surface area contributed by atoms with E-state index >= 15 is 0 Å². The van der Waals surface area contributed by atoms with Gasteiger partial charge in [0, 0.05) is 12.5 Å². The molecule has 0 saturated heterocycles. The van der Waals surface area contributed by atoms with Gasteiger partial charge in [-0.25, -0.2) is 4.79 Å². The number of hydrogen-bond acceptors (Lipinski definition) is 4. The zero-order chi connectivity index (χ0) is 11.9. The lowest BCUT2D eigenvalue weighted by Gasteiger charge is -2.23. The van der Waals surface area contributed by atoms with Crippen molar-refractivity contribution in [1.82, 2.24) is 0 Å². The molecule has 1 aromatic heterocycles. The van der Waals surface area contributed by atoms with Crippen LogP contribution in [-0.4, -0.2) is 29.1 Å². The zero-order valence-electron chi connectivity index (χ0n) is 8.71. The van der Waals surface area contributed by atoms with Gasteiger partial charge in [0.1, 0.15) is 11.8 Å². The van der Waals surface area contributed by atoms with Crippen LogP contribution in [0.2, 0.25) is 0 Å². The Labute approximate surface area is 91.6 Å². The van der Waals surface area contributed by atoms with Gasteiger partial charge in [0.25, 0.3) is 0 Å². The molecule has 0 bridgehead atoms. The van der Waals surface area contributed by atoms with Gasteiger partial charge in [-0.3, -0.25) is 9.69 Å². The second-order valence-corrected chi connectivity index (χ2v) is 3.78. The summed E-state index contributed by atoms with van der Waals surface area (Å²) < 4.78 is 5.12. The van der Waals surface area contributed by atoms with Crippen molar-refractivity contribution in [2.75, 3.05) is 4.90 Å². The van der Waals surface area contributed by atoms with Crippen molar-refractivity contribution in [2.45, 2.75) is 25.4 Å². The van der Waals surface area contributed by atoms with E-state index < -0.39 is 24.0 Å². The number of rotatable bonds is 2. The molecule has 0 aromatic carbocycles. The molecule has 0 spiro atoms. The molecule has 16 heavy (non-hydrogen) atoms. The Morgan fingerprint density at radius 3 is 2.94 bits per heavy atom. The number of nitrogens with two attached hydrogens (primary N) is 1. The number of furan rings is 1. The Kier molecular flexibility index (Phi) is 2.43. The summed E-state index contributed by atoms with van der Waals surface area (Å²) in [6.07, 6.45) is 1.63. The third-order valence-electron chi connectivity index (χ3n) is 2.58. The standard InChI is InChI=1S/C10H12N2O4/c1-5(11)9(13)12-6-2-3-16-8(6)4-7(12)10(14)15/h2-3,5,7H,4,11H2,1H3,(H,14,15). The number of carbonyl (C=O) groups is 2. The van der Waals surface area contributed by atoms with E-state index in [4.69, 9.17) is 15.3 Å². The van der Waals surface area contributed by atoms with Crippen LogP contribution in [0.25, 0.3) is 0 Å². The van der Waals surface area contributed by atoms with Crippen molar-refractivity contribution in [3.63, 3.8) is 0 Å². The molecule has 2 rings (SSSR count). The van der Waals surface area contributed by atoms with Crippen molar-refractivity contribution in [2.24, 2.45) is 5.73 Å². The number of carbonyl (C=O) groups excluding carboxylic acids is 1. The molecule has 1 aliphatic rings. The first-order chi connectivity index (χ1) is 7.52. The number of carboxylic acids is 1. The number of amides is 1. The van der Waals surface area contributed by atoms with Crippen LogP contribution < -0.4 is 10.6 Å². The summed E-state index contributed by atoms with van der Waals surface area (Å²) in [5.74, 6) is -0.950. The molecule has 6 nitrogen and oxygen atoms in total. The minimum absolute atomic E-state index is 0.191. The fourth-order valence-corrected chi connectivity index (χ4v) is 1.83. The molecule has 3 N–H and O–H groups in total. The lowest BCUT2D eigenvalue weighted by atomic mass is 10.2. The van der Waals surface area contributed by atoms with E-state index in [0.29, 0.717) is 11.4 Å². The average Bonchev–Trinajstić information content (AvgIpc) is 2.74. The predicted octanol–water partition coefficient (Wildman–Crippen LogP) is -0.0309. The van der Waals surface area contributed by atoms with Crippen LogP contribution in [0.5, 0.6) is 0 Å². The van der Waals surface area contributed by atoms with Crippen molar-refractivity contribution in [1.29, 1.82) is 0 Å². The van der Waals surface area contributed by atoms with Gasteiger partial charge in [0.05, 0.1) is 18.0 Å². The highest BCUT2D eigenvalue weighted by Gasteiger charge is 2.41. The Balaban J connectivity index is 2.38. The van der Waals surface area contributed by atoms with Crippen LogP contribution in [0.3, 0.4) is 0 Å². The number of aliphatic carboxylic acids is 1. The zero-order valence-corrected chi connectivity index (χ0v) is 8.71. The summed E-state index contributed by atoms with van der Waals surface area (Å²) in [7, 11) is 0. The lowest BCUT2D eigenvalue weighted by molar-refractivity contribution is -0.140. The predicted molar refractivity (Wildman–Crippen MR) is 55.0 cm³/mol. The molecular weight excluding hydrogens is 212 g/mol. The van der Waals surface area contributed by atoms with Gasteiger partial charge in [0.2, 0.25) is 5.91 Å². The molecule has 1 amide bonds. The maximum atomic E-state index is 11.8. The fourth-order valence-electron chi connectivity index (χ4n) is 1.83. The number of nitrogens with zero attached hydrogens (tertiary/aromatic N) is 1. The van der Waals surface area contributed by atoms with Crippen LogP contribution in [0.4, 0.5) is 5.69 Å². The topological polar surface area (TPSA) is 96.8 Å². The summed E-state index contributed by atoms with van der Waals surface area (Å²) in [5, 5.41) is 9.03. The third-order valence-corrected chi connectivity index (χ3v) is 2.58. The van der Waals surface area contributed by atoms with E-state index in [0.717, 1.165) is 0 Å². The van der Waals surface area contributed by atoms with Gasteiger partial charge < -0.3 is 15.3 Å². The van der Waals surface area contributed by atoms with Gasteiger partial charge in [0.15, 0.2) is 0 Å². The molecule has 0 aliphatic carbocycles. The van der Waals surface area contributed by atoms with Crippen LogP contribution in [0.15, 0.2) is 16.7 Å². The van der Waals surface area contributed by atoms with Gasteiger partial charge in [-0.2, -0.15) is 0 Å². The minimum atomic E-state index is -1.06. The molecule has 2 heterocycles. The molecule has 0 saturated carbocycles. The normalized spacial score (nSPS) is 20.6. The monoisotopic (exact) mass is 224 g/mol. The van der Waals surface area contributed by atoms with Crippen molar-refractivity contribution in [3.8, 4) is 0 Å². The van der Waals surface area contributed by atoms with Crippen molar-refractivity contribution >= 4 is 17.6 Å². The van der Waals surface area contributed by atoms with E-state index in [1.54, 1.807) is 6.07 Å². The minimum Gasteiger partial charge on any atom is -0.480 e. The van der Waals surface area contributed by atoms with Gasteiger partial charge in [-0.15, -0.1) is 0 Å². The fraction of sp³-hybridized carbons (Fsp3) is 0.400. The Morgan fingerprint density at radius 2 is 2.38 bits per heavy atom. The van der Waals surface area contributed by atoms with Crippen LogP contribution in [0, 0.1) is 0 Å². The van der Waals surface area contributed by atoms with E-state index in [9.17, 15) is 9.59 Å². The van der Waals surface area contributed by atoms with Crippen molar-refractivity contribution in [3.05, 3.63) is 18.1 Å². The van der Waals surface area contributed by atoms with E-state index in [1.165, 1.54) is 18.1 Å². The second kappa shape index (κ2) is 3.64. The summed E-state index contributed by atoms with van der Waals surface area (Å²) in [5.41, 5.74) is 6.00. The van der Waals surface area contributed by atoms with E-state index in [1.807, 2.05) is 0 Å². The highest BCUT2D eigenvalue weighted by molar-refractivity contribution is 6.03. The second-order valence-electron chi connectivity index (χ2n) is 3.78. The summed E-state index contributed by atoms with van der Waals surface area (Å²) >= 11 is 0. The number of fused-ring (bicyclic) bond motifs is 1. The number of hydrogen-bond donors (Lipinski definition) is 2. The van der Waals surface area contributed by atoms with Crippen molar-refractivity contribution < 1.29 is 19.1 Å².